The van der Waals surface area contributed by atoms with Crippen molar-refractivity contribution in [2.24, 2.45) is 10.7 Å². The van der Waals surface area contributed by atoms with Gasteiger partial charge in [-0.2, -0.15) is 11.8 Å². The Morgan fingerprint density at radius 1 is 1.29 bits per heavy atom. The number of likely N-dealkylation sites (tertiary alicyclic amines) is 1. The van der Waals surface area contributed by atoms with E-state index < -0.39 is 0 Å². The van der Waals surface area contributed by atoms with Crippen LogP contribution in [0.4, 0.5) is 0 Å². The summed E-state index contributed by atoms with van der Waals surface area (Å²) in [7, 11) is 0. The van der Waals surface area contributed by atoms with Crippen LogP contribution in [0.1, 0.15) is 25.7 Å². The Balaban J connectivity index is 1.81. The number of hydrogen-bond acceptors (Lipinski definition) is 2. The fourth-order valence-corrected chi connectivity index (χ4v) is 2.48. The second-order valence-electron chi connectivity index (χ2n) is 4.14. The first-order valence-corrected chi connectivity index (χ1v) is 6.69. The highest BCUT2D eigenvalue weighted by atomic mass is 32.2. The molecule has 80 valence electrons. The van der Waals surface area contributed by atoms with E-state index >= 15 is 0 Å². The molecular weight excluding hydrogens is 194 g/mol. The Morgan fingerprint density at radius 3 is 2.43 bits per heavy atom. The van der Waals surface area contributed by atoms with Crippen molar-refractivity contribution in [3.8, 4) is 0 Å². The second-order valence-corrected chi connectivity index (χ2v) is 5.28. The molecule has 0 aromatic rings. The first-order valence-electron chi connectivity index (χ1n) is 5.40. The van der Waals surface area contributed by atoms with Crippen molar-refractivity contribution < 1.29 is 0 Å². The summed E-state index contributed by atoms with van der Waals surface area (Å²) in [6, 6.07) is 0.549. The van der Waals surface area contributed by atoms with E-state index in [2.05, 4.69) is 16.1 Å². The minimum Gasteiger partial charge on any atom is -0.370 e. The summed E-state index contributed by atoms with van der Waals surface area (Å²) < 4.78 is 0. The molecule has 0 atom stereocenters. The molecule has 0 radical (unpaired) electrons. The number of rotatable bonds is 2. The summed E-state index contributed by atoms with van der Waals surface area (Å²) in [5.41, 5.74) is 5.95. The second kappa shape index (κ2) is 4.43. The van der Waals surface area contributed by atoms with Crippen molar-refractivity contribution in [1.82, 2.24) is 4.90 Å². The van der Waals surface area contributed by atoms with Crippen molar-refractivity contribution in [2.45, 2.75) is 37.0 Å². The van der Waals surface area contributed by atoms with Crippen LogP contribution in [0, 0.1) is 0 Å². The molecule has 0 aromatic heterocycles. The van der Waals surface area contributed by atoms with Crippen molar-refractivity contribution in [3.63, 3.8) is 0 Å². The molecule has 0 spiro atoms. The molecule has 0 aromatic carbocycles. The van der Waals surface area contributed by atoms with Gasteiger partial charge >= 0.3 is 0 Å². The normalized spacial score (nSPS) is 25.5. The largest absolute Gasteiger partial charge is 0.370 e. The van der Waals surface area contributed by atoms with Crippen LogP contribution in [-0.2, 0) is 0 Å². The number of nitrogens with two attached hydrogens (primary N) is 1. The third kappa shape index (κ3) is 2.56. The molecule has 1 saturated carbocycles. The van der Waals surface area contributed by atoms with E-state index in [-0.39, 0.29) is 0 Å². The van der Waals surface area contributed by atoms with Gasteiger partial charge in [-0.1, -0.05) is 0 Å². The van der Waals surface area contributed by atoms with Crippen LogP contribution in [0.3, 0.4) is 0 Å². The fraction of sp³-hybridized carbons (Fsp3) is 0.900. The zero-order chi connectivity index (χ0) is 9.97. The Hall–Kier alpha value is -0.380. The van der Waals surface area contributed by atoms with Gasteiger partial charge in [0, 0.05) is 18.3 Å². The van der Waals surface area contributed by atoms with Crippen molar-refractivity contribution >= 4 is 17.7 Å². The van der Waals surface area contributed by atoms with Crippen LogP contribution in [0.5, 0.6) is 0 Å². The van der Waals surface area contributed by atoms with E-state index in [1.54, 1.807) is 0 Å². The van der Waals surface area contributed by atoms with Crippen LogP contribution < -0.4 is 5.73 Å². The molecule has 2 rings (SSSR count). The van der Waals surface area contributed by atoms with Crippen molar-refractivity contribution in [2.75, 3.05) is 19.3 Å². The number of guanidine groups is 1. The van der Waals surface area contributed by atoms with E-state index in [0.717, 1.165) is 24.3 Å². The van der Waals surface area contributed by atoms with Gasteiger partial charge in [0.15, 0.2) is 5.96 Å². The highest BCUT2D eigenvalue weighted by Crippen LogP contribution is 2.25. The zero-order valence-electron chi connectivity index (χ0n) is 8.78. The zero-order valence-corrected chi connectivity index (χ0v) is 9.59. The van der Waals surface area contributed by atoms with Crippen LogP contribution >= 0.6 is 11.8 Å². The minimum atomic E-state index is 0.549. The predicted octanol–water partition coefficient (Wildman–Crippen LogP) is 1.29. The standard InChI is InChI=1S/C10H19N3S/c1-14-9-4-6-13(7-5-9)10(11)12-8-2-3-8/h8-9H,2-7H2,1H3,(H2,11,12). The third-order valence-corrected chi connectivity index (χ3v) is 4.10. The monoisotopic (exact) mass is 213 g/mol. The minimum absolute atomic E-state index is 0.549. The van der Waals surface area contributed by atoms with Crippen LogP contribution in [-0.4, -0.2) is 41.5 Å². The molecule has 2 N–H and O–H groups in total. The molecule has 0 amide bonds. The highest BCUT2D eigenvalue weighted by Gasteiger charge is 2.24. The number of piperidine rings is 1. The smallest absolute Gasteiger partial charge is 0.191 e. The summed E-state index contributed by atoms with van der Waals surface area (Å²) in [5.74, 6) is 0.784. The summed E-state index contributed by atoms with van der Waals surface area (Å²) in [4.78, 5) is 6.72. The molecular formula is C10H19N3S. The SMILES string of the molecule is CSC1CCN(C(N)=NC2CC2)CC1. The molecule has 14 heavy (non-hydrogen) atoms. The average Bonchev–Trinajstić information content (AvgIpc) is 3.02. The van der Waals surface area contributed by atoms with E-state index in [1.165, 1.54) is 25.7 Å². The molecule has 1 heterocycles. The molecule has 1 aliphatic carbocycles. The number of hydrogen-bond donors (Lipinski definition) is 1. The lowest BCUT2D eigenvalue weighted by atomic mass is 10.1. The lowest BCUT2D eigenvalue weighted by Gasteiger charge is -2.31. The summed E-state index contributed by atoms with van der Waals surface area (Å²) >= 11 is 1.98. The summed E-state index contributed by atoms with van der Waals surface area (Å²) in [6.45, 7) is 2.18. The van der Waals surface area contributed by atoms with E-state index in [9.17, 15) is 0 Å². The van der Waals surface area contributed by atoms with E-state index in [0.29, 0.717) is 6.04 Å². The van der Waals surface area contributed by atoms with Gasteiger partial charge in [-0.25, -0.2) is 4.99 Å². The topological polar surface area (TPSA) is 41.6 Å². The van der Waals surface area contributed by atoms with Gasteiger partial charge in [0.2, 0.25) is 0 Å². The van der Waals surface area contributed by atoms with Crippen LogP contribution in [0.15, 0.2) is 4.99 Å². The van der Waals surface area contributed by atoms with Gasteiger partial charge in [0.05, 0.1) is 6.04 Å². The van der Waals surface area contributed by atoms with Gasteiger partial charge in [-0.3, -0.25) is 0 Å². The van der Waals surface area contributed by atoms with E-state index in [4.69, 9.17) is 5.73 Å². The van der Waals surface area contributed by atoms with Crippen molar-refractivity contribution in [3.05, 3.63) is 0 Å². The van der Waals surface area contributed by atoms with Crippen LogP contribution in [0.2, 0.25) is 0 Å². The quantitative estimate of drug-likeness (QED) is 0.555. The Morgan fingerprint density at radius 2 is 1.93 bits per heavy atom. The molecule has 2 aliphatic rings. The maximum Gasteiger partial charge on any atom is 0.191 e. The predicted molar refractivity (Wildman–Crippen MR) is 62.8 cm³/mol. The number of nitrogens with zero attached hydrogens (tertiary/aromatic N) is 2. The lowest BCUT2D eigenvalue weighted by Crippen LogP contribution is -2.43. The van der Waals surface area contributed by atoms with Crippen LogP contribution in [0.25, 0.3) is 0 Å². The van der Waals surface area contributed by atoms with Gasteiger partial charge in [0.25, 0.3) is 0 Å². The third-order valence-electron chi connectivity index (χ3n) is 2.96. The van der Waals surface area contributed by atoms with Gasteiger partial charge in [-0.15, -0.1) is 0 Å². The summed E-state index contributed by atoms with van der Waals surface area (Å²) in [5, 5.41) is 0.833. The molecule has 0 bridgehead atoms. The Bertz CT molecular complexity index is 217. The number of aliphatic imine (C=N–C) groups is 1. The molecule has 1 saturated heterocycles. The maximum atomic E-state index is 5.95. The Kier molecular flexibility index (Phi) is 3.21. The van der Waals surface area contributed by atoms with Gasteiger partial charge in [0.1, 0.15) is 0 Å². The first kappa shape index (κ1) is 10.1. The Labute approximate surface area is 90.1 Å². The molecule has 4 heteroatoms. The lowest BCUT2D eigenvalue weighted by molar-refractivity contribution is 0.344. The fourth-order valence-electron chi connectivity index (χ4n) is 1.79. The maximum absolute atomic E-state index is 5.95. The van der Waals surface area contributed by atoms with E-state index in [1.807, 2.05) is 11.8 Å². The van der Waals surface area contributed by atoms with Gasteiger partial charge in [-0.05, 0) is 31.9 Å². The van der Waals surface area contributed by atoms with Gasteiger partial charge < -0.3 is 10.6 Å². The molecule has 1 aliphatic heterocycles. The molecule has 0 unspecified atom stereocenters. The molecule has 3 nitrogen and oxygen atoms in total. The average molecular weight is 213 g/mol. The highest BCUT2D eigenvalue weighted by molar-refractivity contribution is 7.99. The molecule has 2 fully saturated rings. The summed E-state index contributed by atoms with van der Waals surface area (Å²) in [6.07, 6.45) is 7.18. The number of thioether (sulfide) groups is 1. The first-order chi connectivity index (χ1) is 6.79. The van der Waals surface area contributed by atoms with Crippen molar-refractivity contribution in [1.29, 1.82) is 0 Å².